The monoisotopic (exact) mass is 367 g/mol. The van der Waals surface area contributed by atoms with Crippen molar-refractivity contribution in [2.45, 2.75) is 32.4 Å². The van der Waals surface area contributed by atoms with Gasteiger partial charge in [0.05, 0.1) is 18.2 Å². The van der Waals surface area contributed by atoms with Gasteiger partial charge in [0.1, 0.15) is 12.4 Å². The molecule has 1 saturated heterocycles. The minimum Gasteiger partial charge on any atom is -0.489 e. The molecule has 5 nitrogen and oxygen atoms in total. The Balaban J connectivity index is 1.64. The van der Waals surface area contributed by atoms with Gasteiger partial charge in [-0.05, 0) is 50.1 Å². The Kier molecular flexibility index (Phi) is 4.90. The van der Waals surface area contributed by atoms with Crippen LogP contribution in [0.1, 0.15) is 24.1 Å². The van der Waals surface area contributed by atoms with Gasteiger partial charge in [-0.25, -0.2) is 4.98 Å². The predicted octanol–water partition coefficient (Wildman–Crippen LogP) is 3.62. The van der Waals surface area contributed by atoms with Gasteiger partial charge in [0, 0.05) is 41.1 Å². The minimum absolute atomic E-state index is 0.114. The van der Waals surface area contributed by atoms with E-state index in [0.717, 1.165) is 41.7 Å². The lowest BCUT2D eigenvalue weighted by molar-refractivity contribution is 0.266. The fraction of sp³-hybridized carbons (Fsp3) is 0.333. The fourth-order valence-corrected chi connectivity index (χ4v) is 3.68. The third-order valence-corrected chi connectivity index (χ3v) is 5.02. The number of nitrogens with zero attached hydrogens (tertiary/aromatic N) is 3. The third-order valence-electron chi connectivity index (χ3n) is 5.02. The summed E-state index contributed by atoms with van der Waals surface area (Å²) in [6, 6.07) is 11.3. The van der Waals surface area contributed by atoms with Crippen LogP contribution in [0.5, 0.6) is 5.75 Å². The summed E-state index contributed by atoms with van der Waals surface area (Å²) >= 11 is 0. The second-order valence-electron chi connectivity index (χ2n) is 6.88. The summed E-state index contributed by atoms with van der Waals surface area (Å²) in [5, 5.41) is 10.7. The van der Waals surface area contributed by atoms with E-state index in [2.05, 4.69) is 20.9 Å². The SMILES string of the molecule is Cc1cc(N2CCCC2CO)c2ccc(OCc3cccnc3F)cc2n1. The number of aliphatic hydroxyl groups is 1. The molecule has 1 aromatic carbocycles. The van der Waals surface area contributed by atoms with Gasteiger partial charge < -0.3 is 14.7 Å². The molecular formula is C21H22FN3O2. The van der Waals surface area contributed by atoms with Gasteiger partial charge in [-0.15, -0.1) is 0 Å². The van der Waals surface area contributed by atoms with Gasteiger partial charge in [-0.3, -0.25) is 4.98 Å². The molecule has 1 unspecified atom stereocenters. The summed E-state index contributed by atoms with van der Waals surface area (Å²) in [7, 11) is 0. The van der Waals surface area contributed by atoms with Crippen molar-refractivity contribution >= 4 is 16.6 Å². The zero-order valence-electron chi connectivity index (χ0n) is 15.2. The van der Waals surface area contributed by atoms with E-state index in [1.54, 1.807) is 12.1 Å². The molecule has 0 amide bonds. The van der Waals surface area contributed by atoms with Gasteiger partial charge in [0.2, 0.25) is 5.95 Å². The summed E-state index contributed by atoms with van der Waals surface area (Å²) in [6.07, 6.45) is 3.49. The average molecular weight is 367 g/mol. The van der Waals surface area contributed by atoms with E-state index in [0.29, 0.717) is 11.3 Å². The molecular weight excluding hydrogens is 345 g/mol. The van der Waals surface area contributed by atoms with Crippen molar-refractivity contribution in [3.63, 3.8) is 0 Å². The number of aromatic nitrogens is 2. The summed E-state index contributed by atoms with van der Waals surface area (Å²) in [5.74, 6) is 0.119. The second kappa shape index (κ2) is 7.48. The molecule has 4 rings (SSSR count). The molecule has 0 aliphatic carbocycles. The van der Waals surface area contributed by atoms with Crippen molar-refractivity contribution in [1.82, 2.24) is 9.97 Å². The Hall–Kier alpha value is -2.73. The quantitative estimate of drug-likeness (QED) is 0.698. The van der Waals surface area contributed by atoms with Gasteiger partial charge in [-0.1, -0.05) is 0 Å². The standard InChI is InChI=1S/C21H22FN3O2/c1-14-10-20(25-9-3-5-16(25)12-26)18-7-6-17(11-19(18)24-14)27-13-15-4-2-8-23-21(15)22/h2,4,6-8,10-11,16,26H,3,5,9,12-13H2,1H3. The average Bonchev–Trinajstić information content (AvgIpc) is 3.15. The van der Waals surface area contributed by atoms with Crippen LogP contribution in [0.3, 0.4) is 0 Å². The molecule has 1 atom stereocenters. The Morgan fingerprint density at radius 3 is 3.00 bits per heavy atom. The van der Waals surface area contributed by atoms with Crippen molar-refractivity contribution in [2.75, 3.05) is 18.1 Å². The highest BCUT2D eigenvalue weighted by Gasteiger charge is 2.25. The number of fused-ring (bicyclic) bond motifs is 1. The Morgan fingerprint density at radius 2 is 2.19 bits per heavy atom. The van der Waals surface area contributed by atoms with Gasteiger partial charge >= 0.3 is 0 Å². The first-order chi connectivity index (χ1) is 13.2. The predicted molar refractivity (Wildman–Crippen MR) is 102 cm³/mol. The maximum atomic E-state index is 13.7. The van der Waals surface area contributed by atoms with Crippen LogP contribution in [0.2, 0.25) is 0 Å². The van der Waals surface area contributed by atoms with Crippen molar-refractivity contribution < 1.29 is 14.2 Å². The Labute approximate surface area is 157 Å². The zero-order chi connectivity index (χ0) is 18.8. The zero-order valence-corrected chi connectivity index (χ0v) is 15.2. The summed E-state index contributed by atoms with van der Waals surface area (Å²) in [4.78, 5) is 10.5. The van der Waals surface area contributed by atoms with Crippen LogP contribution in [0.4, 0.5) is 10.1 Å². The van der Waals surface area contributed by atoms with Gasteiger partial charge in [-0.2, -0.15) is 4.39 Å². The number of halogens is 1. The first-order valence-corrected chi connectivity index (χ1v) is 9.17. The number of benzene rings is 1. The summed E-state index contributed by atoms with van der Waals surface area (Å²) in [5.41, 5.74) is 3.26. The minimum atomic E-state index is -0.515. The van der Waals surface area contributed by atoms with E-state index in [1.807, 2.05) is 25.1 Å². The van der Waals surface area contributed by atoms with Gasteiger partial charge in [0.15, 0.2) is 0 Å². The molecule has 3 aromatic rings. The van der Waals surface area contributed by atoms with E-state index in [1.165, 1.54) is 6.20 Å². The molecule has 0 spiro atoms. The number of hydrogen-bond donors (Lipinski definition) is 1. The van der Waals surface area contributed by atoms with Crippen LogP contribution in [-0.4, -0.2) is 34.3 Å². The molecule has 6 heteroatoms. The highest BCUT2D eigenvalue weighted by Crippen LogP contribution is 2.34. The molecule has 1 aliphatic heterocycles. The molecule has 0 bridgehead atoms. The van der Waals surface area contributed by atoms with E-state index >= 15 is 0 Å². The van der Waals surface area contributed by atoms with Crippen LogP contribution in [0.25, 0.3) is 10.9 Å². The molecule has 1 fully saturated rings. The number of hydrogen-bond acceptors (Lipinski definition) is 5. The molecule has 2 aromatic heterocycles. The van der Waals surface area contributed by atoms with Gasteiger partial charge in [0.25, 0.3) is 0 Å². The lowest BCUT2D eigenvalue weighted by atomic mass is 10.1. The van der Waals surface area contributed by atoms with Crippen LogP contribution in [0, 0.1) is 12.9 Å². The Morgan fingerprint density at radius 1 is 1.30 bits per heavy atom. The van der Waals surface area contributed by atoms with Crippen LogP contribution < -0.4 is 9.64 Å². The van der Waals surface area contributed by atoms with Crippen molar-refractivity contribution in [1.29, 1.82) is 0 Å². The molecule has 0 saturated carbocycles. The molecule has 27 heavy (non-hydrogen) atoms. The summed E-state index contributed by atoms with van der Waals surface area (Å²) < 4.78 is 19.4. The molecule has 0 radical (unpaired) electrons. The largest absolute Gasteiger partial charge is 0.489 e. The smallest absolute Gasteiger partial charge is 0.219 e. The molecule has 140 valence electrons. The number of aryl methyl sites for hydroxylation is 1. The lowest BCUT2D eigenvalue weighted by Crippen LogP contribution is -2.32. The van der Waals surface area contributed by atoms with E-state index < -0.39 is 5.95 Å². The molecule has 3 heterocycles. The number of rotatable bonds is 5. The third kappa shape index (κ3) is 3.57. The number of anilines is 1. The van der Waals surface area contributed by atoms with Crippen LogP contribution in [-0.2, 0) is 6.61 Å². The number of ether oxygens (including phenoxy) is 1. The van der Waals surface area contributed by atoms with E-state index in [4.69, 9.17) is 4.74 Å². The summed E-state index contributed by atoms with van der Waals surface area (Å²) in [6.45, 7) is 3.16. The van der Waals surface area contributed by atoms with Crippen LogP contribution in [0.15, 0.2) is 42.6 Å². The van der Waals surface area contributed by atoms with Crippen molar-refractivity contribution in [2.24, 2.45) is 0 Å². The maximum absolute atomic E-state index is 13.7. The second-order valence-corrected chi connectivity index (χ2v) is 6.88. The topological polar surface area (TPSA) is 58.5 Å². The maximum Gasteiger partial charge on any atom is 0.219 e. The number of pyridine rings is 2. The van der Waals surface area contributed by atoms with Crippen molar-refractivity contribution in [3.8, 4) is 5.75 Å². The van der Waals surface area contributed by atoms with E-state index in [-0.39, 0.29) is 19.3 Å². The Bertz CT molecular complexity index is 963. The first-order valence-electron chi connectivity index (χ1n) is 9.17. The van der Waals surface area contributed by atoms with Crippen LogP contribution >= 0.6 is 0 Å². The highest BCUT2D eigenvalue weighted by atomic mass is 19.1. The molecule has 1 aliphatic rings. The lowest BCUT2D eigenvalue weighted by Gasteiger charge is -2.27. The molecule has 1 N–H and O–H groups in total. The first kappa shape index (κ1) is 17.7. The fourth-order valence-electron chi connectivity index (χ4n) is 3.68. The van der Waals surface area contributed by atoms with E-state index in [9.17, 15) is 9.50 Å². The van der Waals surface area contributed by atoms with Crippen molar-refractivity contribution in [3.05, 3.63) is 59.8 Å². The number of aliphatic hydroxyl groups excluding tert-OH is 1. The normalized spacial score (nSPS) is 16.9. The highest BCUT2D eigenvalue weighted by molar-refractivity contribution is 5.93.